The van der Waals surface area contributed by atoms with Gasteiger partial charge in [0.05, 0.1) is 0 Å². The van der Waals surface area contributed by atoms with Crippen molar-refractivity contribution in [1.82, 2.24) is 0 Å². The molecule has 0 aliphatic carbocycles. The third-order valence-corrected chi connectivity index (χ3v) is 13.4. The first-order chi connectivity index (χ1) is 35.5. The Morgan fingerprint density at radius 3 is 0.833 bits per heavy atom. The monoisotopic (exact) mass is 1000 g/mol. The summed E-state index contributed by atoms with van der Waals surface area (Å²) < 4.78 is 16.9. The Balaban J connectivity index is 4.34. The van der Waals surface area contributed by atoms with Gasteiger partial charge in [-0.15, -0.1) is 0 Å². The normalized spacial score (nSPS) is 12.5. The van der Waals surface area contributed by atoms with Crippen LogP contribution in [0.5, 0.6) is 0 Å². The van der Waals surface area contributed by atoms with Gasteiger partial charge in [-0.2, -0.15) is 0 Å². The summed E-state index contributed by atoms with van der Waals surface area (Å²) in [5, 5.41) is 0. The number of rotatable bonds is 56. The molecule has 0 aromatic carbocycles. The molecule has 0 aromatic heterocycles. The van der Waals surface area contributed by atoms with Gasteiger partial charge in [-0.05, 0) is 109 Å². The fraction of sp³-hybridized carbons (Fsp3) is 0.773. The number of hydrogen-bond acceptors (Lipinski definition) is 6. The molecular formula is C66H116O6. The highest BCUT2D eigenvalue weighted by atomic mass is 16.6. The Labute approximate surface area is 446 Å². The number of esters is 3. The average Bonchev–Trinajstić information content (AvgIpc) is 3.38. The molecule has 0 N–H and O–H groups in total. The summed E-state index contributed by atoms with van der Waals surface area (Å²) in [6, 6.07) is 0. The molecule has 0 fully saturated rings. The van der Waals surface area contributed by atoms with E-state index < -0.39 is 6.10 Å². The van der Waals surface area contributed by atoms with Crippen LogP contribution in [0.1, 0.15) is 310 Å². The fourth-order valence-electron chi connectivity index (χ4n) is 8.70. The summed E-state index contributed by atoms with van der Waals surface area (Å²) in [5.74, 6) is -0.896. The van der Waals surface area contributed by atoms with E-state index in [1.54, 1.807) is 0 Å². The largest absolute Gasteiger partial charge is 0.462 e. The van der Waals surface area contributed by atoms with Gasteiger partial charge in [0.2, 0.25) is 0 Å². The molecule has 72 heavy (non-hydrogen) atoms. The van der Waals surface area contributed by atoms with Crippen molar-refractivity contribution in [1.29, 1.82) is 0 Å². The van der Waals surface area contributed by atoms with Crippen LogP contribution in [-0.2, 0) is 28.6 Å². The molecule has 0 heterocycles. The Kier molecular flexibility index (Phi) is 57.8. The van der Waals surface area contributed by atoms with Crippen LogP contribution >= 0.6 is 0 Å². The summed E-state index contributed by atoms with van der Waals surface area (Å²) in [7, 11) is 0. The van der Waals surface area contributed by atoms with Crippen LogP contribution in [0.3, 0.4) is 0 Å². The number of allylic oxidation sites excluding steroid dienone is 12. The van der Waals surface area contributed by atoms with Gasteiger partial charge in [0.15, 0.2) is 6.10 Å². The summed E-state index contributed by atoms with van der Waals surface area (Å²) in [6.07, 6.45) is 77.5. The van der Waals surface area contributed by atoms with E-state index in [0.29, 0.717) is 19.3 Å². The Bertz CT molecular complexity index is 1340. The lowest BCUT2D eigenvalue weighted by Gasteiger charge is -2.18. The molecule has 0 saturated heterocycles. The first-order valence-electron chi connectivity index (χ1n) is 30.9. The zero-order valence-corrected chi connectivity index (χ0v) is 47.7. The number of unbranched alkanes of at least 4 members (excludes halogenated alkanes) is 33. The summed E-state index contributed by atoms with van der Waals surface area (Å²) in [6.45, 7) is 6.57. The van der Waals surface area contributed by atoms with E-state index in [1.165, 1.54) is 173 Å². The lowest BCUT2D eigenvalue weighted by molar-refractivity contribution is -0.167. The molecule has 0 spiro atoms. The third-order valence-electron chi connectivity index (χ3n) is 13.4. The number of carbonyl (C=O) groups excluding carboxylic acids is 3. The maximum absolute atomic E-state index is 12.9. The standard InChI is InChI=1S/C66H116O6/c1-4-7-10-13-16-19-22-25-28-30-31-32-33-34-35-37-38-41-44-47-50-53-56-59-65(68)71-62-63(61-70-64(67)58-55-52-49-46-43-40-27-24-21-18-15-12-9-6-3)72-66(69)60-57-54-51-48-45-42-39-36-29-26-23-20-17-14-11-8-5-2/h15,17-18,20,22,24-27,29-31,63H,4-14,16,19,21,23,28,32-62H2,1-3H3/b18-15-,20-17-,25-22-,27-24-,29-26-,31-30-. The highest BCUT2D eigenvalue weighted by Gasteiger charge is 2.19. The van der Waals surface area contributed by atoms with Crippen LogP contribution in [0.15, 0.2) is 72.9 Å². The van der Waals surface area contributed by atoms with E-state index in [-0.39, 0.29) is 31.1 Å². The maximum atomic E-state index is 12.9. The minimum absolute atomic E-state index is 0.0833. The summed E-state index contributed by atoms with van der Waals surface area (Å²) in [5.41, 5.74) is 0. The molecule has 6 nitrogen and oxygen atoms in total. The third kappa shape index (κ3) is 57.7. The van der Waals surface area contributed by atoms with Crippen LogP contribution in [0, 0.1) is 0 Å². The fourth-order valence-corrected chi connectivity index (χ4v) is 8.70. The molecule has 416 valence electrons. The molecule has 0 saturated carbocycles. The van der Waals surface area contributed by atoms with Gasteiger partial charge in [-0.3, -0.25) is 14.4 Å². The lowest BCUT2D eigenvalue weighted by Crippen LogP contribution is -2.30. The van der Waals surface area contributed by atoms with Crippen LogP contribution in [0.25, 0.3) is 0 Å². The Morgan fingerprint density at radius 2 is 0.514 bits per heavy atom. The molecule has 6 heteroatoms. The molecule has 0 amide bonds. The van der Waals surface area contributed by atoms with Gasteiger partial charge < -0.3 is 14.2 Å². The van der Waals surface area contributed by atoms with Crippen LogP contribution in [0.2, 0.25) is 0 Å². The van der Waals surface area contributed by atoms with E-state index in [4.69, 9.17) is 14.2 Å². The van der Waals surface area contributed by atoms with Crippen molar-refractivity contribution in [3.05, 3.63) is 72.9 Å². The average molecular weight is 1010 g/mol. The lowest BCUT2D eigenvalue weighted by atomic mass is 10.0. The zero-order valence-electron chi connectivity index (χ0n) is 47.7. The van der Waals surface area contributed by atoms with Crippen LogP contribution in [0.4, 0.5) is 0 Å². The van der Waals surface area contributed by atoms with E-state index in [0.717, 1.165) is 96.3 Å². The van der Waals surface area contributed by atoms with E-state index in [1.807, 2.05) is 0 Å². The van der Waals surface area contributed by atoms with E-state index in [9.17, 15) is 14.4 Å². The highest BCUT2D eigenvalue weighted by molar-refractivity contribution is 5.71. The SMILES string of the molecule is CCCC/C=C\C/C=C\CCCCCCCC(=O)OCC(COC(=O)CCCCCCCCCCCCC/C=C\C/C=C\CCCCCCC)OC(=O)CCCCCCCCC/C=C\C/C=C\CCCCC. The van der Waals surface area contributed by atoms with Crippen molar-refractivity contribution < 1.29 is 28.6 Å². The predicted molar refractivity (Wildman–Crippen MR) is 311 cm³/mol. The number of hydrogen-bond donors (Lipinski definition) is 0. The molecule has 0 aliphatic rings. The Hall–Kier alpha value is -3.15. The molecule has 0 aromatic rings. The van der Waals surface area contributed by atoms with Crippen molar-refractivity contribution in [2.75, 3.05) is 13.2 Å². The zero-order chi connectivity index (χ0) is 52.2. The molecular weight excluding hydrogens is 889 g/mol. The number of ether oxygens (including phenoxy) is 3. The van der Waals surface area contributed by atoms with E-state index in [2.05, 4.69) is 93.7 Å². The Morgan fingerprint density at radius 1 is 0.278 bits per heavy atom. The summed E-state index contributed by atoms with van der Waals surface area (Å²) in [4.78, 5) is 38.2. The van der Waals surface area contributed by atoms with Gasteiger partial charge in [0, 0.05) is 19.3 Å². The second-order valence-corrected chi connectivity index (χ2v) is 20.6. The van der Waals surface area contributed by atoms with Crippen LogP contribution in [-0.4, -0.2) is 37.2 Å². The number of carbonyl (C=O) groups is 3. The van der Waals surface area contributed by atoms with Crippen LogP contribution < -0.4 is 0 Å². The molecule has 0 aliphatic heterocycles. The van der Waals surface area contributed by atoms with Crippen molar-refractivity contribution >= 4 is 17.9 Å². The molecule has 0 bridgehead atoms. The second kappa shape index (κ2) is 60.4. The highest BCUT2D eigenvalue weighted by Crippen LogP contribution is 2.16. The predicted octanol–water partition coefficient (Wildman–Crippen LogP) is 20.9. The molecule has 0 radical (unpaired) electrons. The topological polar surface area (TPSA) is 78.9 Å². The minimum atomic E-state index is -0.787. The van der Waals surface area contributed by atoms with Gasteiger partial charge in [0.25, 0.3) is 0 Å². The van der Waals surface area contributed by atoms with Crippen molar-refractivity contribution in [2.45, 2.75) is 316 Å². The van der Waals surface area contributed by atoms with E-state index >= 15 is 0 Å². The smallest absolute Gasteiger partial charge is 0.306 e. The van der Waals surface area contributed by atoms with Crippen molar-refractivity contribution in [2.24, 2.45) is 0 Å². The van der Waals surface area contributed by atoms with Gasteiger partial charge in [0.1, 0.15) is 13.2 Å². The summed E-state index contributed by atoms with van der Waals surface area (Å²) >= 11 is 0. The second-order valence-electron chi connectivity index (χ2n) is 20.6. The molecule has 1 unspecified atom stereocenters. The van der Waals surface area contributed by atoms with Crippen molar-refractivity contribution in [3.8, 4) is 0 Å². The van der Waals surface area contributed by atoms with Gasteiger partial charge in [-0.25, -0.2) is 0 Å². The molecule has 0 rings (SSSR count). The first-order valence-corrected chi connectivity index (χ1v) is 30.9. The van der Waals surface area contributed by atoms with Gasteiger partial charge in [-0.1, -0.05) is 254 Å². The van der Waals surface area contributed by atoms with Crippen molar-refractivity contribution in [3.63, 3.8) is 0 Å². The first kappa shape index (κ1) is 68.8. The maximum Gasteiger partial charge on any atom is 0.306 e. The quantitative estimate of drug-likeness (QED) is 0.0261. The van der Waals surface area contributed by atoms with Gasteiger partial charge >= 0.3 is 17.9 Å². The molecule has 1 atom stereocenters. The minimum Gasteiger partial charge on any atom is -0.462 e.